The van der Waals surface area contributed by atoms with Crippen molar-refractivity contribution in [3.8, 4) is 0 Å². The predicted molar refractivity (Wildman–Crippen MR) is 81.0 cm³/mol. The minimum Gasteiger partial charge on any atom is -0.371 e. The van der Waals surface area contributed by atoms with E-state index >= 15 is 0 Å². The van der Waals surface area contributed by atoms with E-state index in [0.717, 1.165) is 4.88 Å². The fraction of sp³-hybridized carbons (Fsp3) is 0.182. The summed E-state index contributed by atoms with van der Waals surface area (Å²) < 4.78 is 29.1. The second-order valence-corrected chi connectivity index (χ2v) is 7.56. The van der Waals surface area contributed by atoms with Gasteiger partial charge in [0.2, 0.25) is 0 Å². The summed E-state index contributed by atoms with van der Waals surface area (Å²) in [7, 11) is -1.97. The van der Waals surface area contributed by atoms with Gasteiger partial charge in [-0.05, 0) is 11.4 Å². The summed E-state index contributed by atoms with van der Waals surface area (Å²) in [4.78, 5) is 5.86. The van der Waals surface area contributed by atoms with Gasteiger partial charge in [-0.3, -0.25) is 4.40 Å². The average Bonchev–Trinajstić information content (AvgIpc) is 3.11. The second kappa shape index (κ2) is 5.17. The van der Waals surface area contributed by atoms with Gasteiger partial charge in [0.15, 0.2) is 15.8 Å². The largest absolute Gasteiger partial charge is 0.371 e. The molecular formula is C11H12N4O2S3. The highest BCUT2D eigenvalue weighted by Crippen LogP contribution is 2.25. The number of rotatable bonds is 5. The molecule has 0 aliphatic heterocycles. The summed E-state index contributed by atoms with van der Waals surface area (Å²) in [5.74, 6) is 0.357. The van der Waals surface area contributed by atoms with Crippen LogP contribution in [0, 0.1) is 0 Å². The van der Waals surface area contributed by atoms with E-state index in [1.165, 1.54) is 22.7 Å². The molecule has 0 aromatic carbocycles. The van der Waals surface area contributed by atoms with Crippen LogP contribution in [0.5, 0.6) is 0 Å². The van der Waals surface area contributed by atoms with E-state index < -0.39 is 10.0 Å². The molecular weight excluding hydrogens is 316 g/mol. The first kappa shape index (κ1) is 13.6. The fourth-order valence-corrected chi connectivity index (χ4v) is 4.63. The molecule has 0 aliphatic rings. The lowest BCUT2D eigenvalue weighted by molar-refractivity contribution is 0.577. The Bertz CT molecular complexity index is 817. The summed E-state index contributed by atoms with van der Waals surface area (Å²) >= 11 is 2.90. The molecule has 0 fully saturated rings. The molecule has 0 saturated heterocycles. The number of hydrogen-bond acceptors (Lipinski definition) is 6. The van der Waals surface area contributed by atoms with Crippen molar-refractivity contribution in [3.63, 3.8) is 0 Å². The van der Waals surface area contributed by atoms with Crippen molar-refractivity contribution in [2.45, 2.75) is 11.6 Å². The predicted octanol–water partition coefficient (Wildman–Crippen LogP) is 1.98. The topological polar surface area (TPSA) is 75.5 Å². The molecule has 0 amide bonds. The first-order chi connectivity index (χ1) is 9.62. The van der Waals surface area contributed by atoms with Gasteiger partial charge in [-0.2, -0.15) is 0 Å². The Morgan fingerprint density at radius 1 is 1.35 bits per heavy atom. The van der Waals surface area contributed by atoms with Crippen LogP contribution in [0.25, 0.3) is 4.96 Å². The molecule has 9 heteroatoms. The van der Waals surface area contributed by atoms with Crippen molar-refractivity contribution in [2.75, 3.05) is 12.4 Å². The Morgan fingerprint density at radius 2 is 2.20 bits per heavy atom. The first-order valence-corrected chi connectivity index (χ1v) is 9.01. The molecule has 0 aliphatic carbocycles. The lowest BCUT2D eigenvalue weighted by Gasteiger charge is -2.06. The van der Waals surface area contributed by atoms with Crippen molar-refractivity contribution in [1.29, 1.82) is 0 Å². The molecule has 0 spiro atoms. The van der Waals surface area contributed by atoms with Crippen molar-refractivity contribution < 1.29 is 8.42 Å². The number of anilines is 1. The van der Waals surface area contributed by atoms with Crippen LogP contribution >= 0.6 is 22.7 Å². The molecule has 20 heavy (non-hydrogen) atoms. The standard InChI is InChI=1S/C11H12N4O2S3/c1-12-9-10(15-4-6-19-11(15)14-9)20(16,17)13-7-8-3-2-5-18-8/h2-6,12-13H,7H2,1H3. The smallest absolute Gasteiger partial charge is 0.260 e. The molecule has 0 unspecified atom stereocenters. The Hall–Kier alpha value is -1.42. The highest BCUT2D eigenvalue weighted by atomic mass is 32.2. The van der Waals surface area contributed by atoms with Crippen LogP contribution in [0.4, 0.5) is 5.82 Å². The van der Waals surface area contributed by atoms with Gasteiger partial charge in [0, 0.05) is 30.0 Å². The number of fused-ring (bicyclic) bond motifs is 1. The summed E-state index contributed by atoms with van der Waals surface area (Å²) in [6.07, 6.45) is 1.70. The minimum absolute atomic E-state index is 0.146. The van der Waals surface area contributed by atoms with Crippen LogP contribution in [0.2, 0.25) is 0 Å². The van der Waals surface area contributed by atoms with E-state index in [4.69, 9.17) is 0 Å². The molecule has 6 nitrogen and oxygen atoms in total. The van der Waals surface area contributed by atoms with Crippen molar-refractivity contribution in [2.24, 2.45) is 0 Å². The molecule has 3 aromatic rings. The van der Waals surface area contributed by atoms with E-state index in [0.29, 0.717) is 10.8 Å². The van der Waals surface area contributed by atoms with Gasteiger partial charge in [-0.15, -0.1) is 22.7 Å². The lowest BCUT2D eigenvalue weighted by Crippen LogP contribution is -2.24. The van der Waals surface area contributed by atoms with E-state index in [-0.39, 0.29) is 11.6 Å². The van der Waals surface area contributed by atoms with Crippen LogP contribution in [0.3, 0.4) is 0 Å². The maximum atomic E-state index is 12.5. The lowest BCUT2D eigenvalue weighted by atomic mass is 10.5. The Morgan fingerprint density at radius 3 is 2.90 bits per heavy atom. The van der Waals surface area contributed by atoms with Crippen molar-refractivity contribution in [1.82, 2.24) is 14.1 Å². The van der Waals surface area contributed by atoms with E-state index in [2.05, 4.69) is 15.0 Å². The Kier molecular flexibility index (Phi) is 3.50. The third-order valence-electron chi connectivity index (χ3n) is 2.73. The quantitative estimate of drug-likeness (QED) is 0.751. The molecule has 0 atom stereocenters. The Balaban J connectivity index is 1.97. The SMILES string of the molecule is CNc1nc2sccn2c1S(=O)(=O)NCc1cccs1. The van der Waals surface area contributed by atoms with Crippen molar-refractivity contribution in [3.05, 3.63) is 34.0 Å². The minimum atomic E-state index is -3.63. The van der Waals surface area contributed by atoms with Crippen LogP contribution in [-0.2, 0) is 16.6 Å². The number of aromatic nitrogens is 2. The molecule has 0 radical (unpaired) electrons. The number of sulfonamides is 1. The monoisotopic (exact) mass is 328 g/mol. The molecule has 0 saturated carbocycles. The fourth-order valence-electron chi connectivity index (χ4n) is 1.83. The zero-order valence-corrected chi connectivity index (χ0v) is 13.0. The number of imidazole rings is 1. The van der Waals surface area contributed by atoms with Crippen LogP contribution < -0.4 is 10.0 Å². The van der Waals surface area contributed by atoms with Crippen LogP contribution in [-0.4, -0.2) is 24.9 Å². The summed E-state index contributed by atoms with van der Waals surface area (Å²) in [6.45, 7) is 0.278. The molecule has 3 aromatic heterocycles. The van der Waals surface area contributed by atoms with E-state index in [1.54, 1.807) is 23.0 Å². The number of thiazole rings is 1. The summed E-state index contributed by atoms with van der Waals surface area (Å²) in [5.41, 5.74) is 0. The number of nitrogens with one attached hydrogen (secondary N) is 2. The highest BCUT2D eigenvalue weighted by molar-refractivity contribution is 7.89. The maximum Gasteiger partial charge on any atom is 0.260 e. The summed E-state index contributed by atoms with van der Waals surface area (Å²) in [6, 6.07) is 3.78. The van der Waals surface area contributed by atoms with E-state index in [1.807, 2.05) is 17.5 Å². The maximum absolute atomic E-state index is 12.5. The third-order valence-corrected chi connectivity index (χ3v) is 5.78. The van der Waals surface area contributed by atoms with Gasteiger partial charge >= 0.3 is 0 Å². The van der Waals surface area contributed by atoms with Gasteiger partial charge in [0.25, 0.3) is 10.0 Å². The van der Waals surface area contributed by atoms with E-state index in [9.17, 15) is 8.42 Å². The second-order valence-electron chi connectivity index (χ2n) is 3.98. The number of hydrogen-bond donors (Lipinski definition) is 2. The molecule has 3 heterocycles. The summed E-state index contributed by atoms with van der Waals surface area (Å²) in [5, 5.41) is 6.70. The highest BCUT2D eigenvalue weighted by Gasteiger charge is 2.25. The van der Waals surface area contributed by atoms with Gasteiger partial charge in [-0.1, -0.05) is 6.07 Å². The van der Waals surface area contributed by atoms with Gasteiger partial charge in [0.05, 0.1) is 0 Å². The number of nitrogens with zero attached hydrogens (tertiary/aromatic N) is 2. The molecule has 0 bridgehead atoms. The average molecular weight is 328 g/mol. The third kappa shape index (κ3) is 2.33. The zero-order valence-electron chi connectivity index (χ0n) is 10.5. The van der Waals surface area contributed by atoms with Crippen molar-refractivity contribution >= 4 is 43.5 Å². The molecule has 3 rings (SSSR count). The first-order valence-electron chi connectivity index (χ1n) is 5.77. The van der Waals surface area contributed by atoms with Gasteiger partial charge in [0.1, 0.15) is 0 Å². The number of thiophene rings is 1. The molecule has 2 N–H and O–H groups in total. The zero-order chi connectivity index (χ0) is 14.2. The normalized spacial score (nSPS) is 12.1. The van der Waals surface area contributed by atoms with Gasteiger partial charge < -0.3 is 5.32 Å². The molecule has 106 valence electrons. The van der Waals surface area contributed by atoms with Crippen LogP contribution in [0.15, 0.2) is 34.1 Å². The Labute approximate surface area is 124 Å². The van der Waals surface area contributed by atoms with Crippen LogP contribution in [0.1, 0.15) is 4.88 Å². The van der Waals surface area contributed by atoms with Gasteiger partial charge in [-0.25, -0.2) is 18.1 Å².